The van der Waals surface area contributed by atoms with Crippen molar-refractivity contribution in [1.29, 1.82) is 0 Å². The number of hydrogen-bond acceptors (Lipinski definition) is 3. The van der Waals surface area contributed by atoms with E-state index in [0.717, 1.165) is 24.7 Å². The smallest absolute Gasteiger partial charge is 0.306 e. The summed E-state index contributed by atoms with van der Waals surface area (Å²) in [6.07, 6.45) is 8.91. The van der Waals surface area contributed by atoms with Crippen molar-refractivity contribution in [3.63, 3.8) is 0 Å². The first-order valence-corrected chi connectivity index (χ1v) is 9.01. The lowest BCUT2D eigenvalue weighted by molar-refractivity contribution is -0.155. The Labute approximate surface area is 133 Å². The Hall–Kier alpha value is -1.06. The highest BCUT2D eigenvalue weighted by Crippen LogP contribution is 2.49. The molecule has 22 heavy (non-hydrogen) atoms. The largest absolute Gasteiger partial charge is 0.456 e. The van der Waals surface area contributed by atoms with Gasteiger partial charge in [-0.2, -0.15) is 0 Å². The van der Waals surface area contributed by atoms with Crippen molar-refractivity contribution in [3.8, 4) is 0 Å². The van der Waals surface area contributed by atoms with Crippen LogP contribution >= 0.6 is 0 Å². The average molecular weight is 307 g/mol. The fourth-order valence-electron chi connectivity index (χ4n) is 5.03. The molecule has 4 heteroatoms. The van der Waals surface area contributed by atoms with E-state index in [-0.39, 0.29) is 30.6 Å². The van der Waals surface area contributed by atoms with E-state index in [2.05, 4.69) is 13.8 Å². The first-order valence-electron chi connectivity index (χ1n) is 9.01. The van der Waals surface area contributed by atoms with Gasteiger partial charge in [0.25, 0.3) is 5.91 Å². The van der Waals surface area contributed by atoms with Crippen LogP contribution in [0.4, 0.5) is 0 Å². The molecule has 3 rings (SSSR count). The van der Waals surface area contributed by atoms with E-state index < -0.39 is 0 Å². The quantitative estimate of drug-likeness (QED) is 0.750. The predicted molar refractivity (Wildman–Crippen MR) is 84.1 cm³/mol. The molecule has 3 aliphatic rings. The molecule has 3 fully saturated rings. The van der Waals surface area contributed by atoms with Crippen LogP contribution in [0, 0.1) is 17.8 Å². The number of esters is 1. The first-order chi connectivity index (χ1) is 10.5. The molecule has 0 aromatic rings. The molecule has 0 aromatic heterocycles. The van der Waals surface area contributed by atoms with E-state index >= 15 is 0 Å². The number of rotatable bonds is 4. The van der Waals surface area contributed by atoms with Crippen LogP contribution in [0.15, 0.2) is 0 Å². The Morgan fingerprint density at radius 1 is 1.05 bits per heavy atom. The molecule has 1 saturated heterocycles. The number of fused-ring (bicyclic) bond motifs is 2. The van der Waals surface area contributed by atoms with Crippen molar-refractivity contribution in [3.05, 3.63) is 0 Å². The van der Waals surface area contributed by atoms with Crippen molar-refractivity contribution < 1.29 is 14.3 Å². The molecule has 1 aliphatic heterocycles. The number of carbonyl (C=O) groups is 2. The fourth-order valence-corrected chi connectivity index (χ4v) is 5.03. The highest BCUT2D eigenvalue weighted by Gasteiger charge is 2.40. The lowest BCUT2D eigenvalue weighted by Crippen LogP contribution is -2.49. The van der Waals surface area contributed by atoms with Crippen LogP contribution < -0.4 is 0 Å². The molecule has 0 aromatic carbocycles. The second kappa shape index (κ2) is 6.59. The molecule has 124 valence electrons. The number of ether oxygens (including phenoxy) is 1. The monoisotopic (exact) mass is 307 g/mol. The van der Waals surface area contributed by atoms with E-state index in [1.165, 1.54) is 32.1 Å². The second-order valence-electron chi connectivity index (χ2n) is 7.73. The van der Waals surface area contributed by atoms with Gasteiger partial charge in [0.2, 0.25) is 0 Å². The zero-order valence-corrected chi connectivity index (χ0v) is 13.9. The van der Waals surface area contributed by atoms with Crippen molar-refractivity contribution in [2.24, 2.45) is 17.8 Å². The van der Waals surface area contributed by atoms with Gasteiger partial charge in [-0.15, -0.1) is 0 Å². The molecule has 2 aliphatic carbocycles. The number of carbonyl (C=O) groups excluding carboxylic acids is 2. The molecule has 2 saturated carbocycles. The van der Waals surface area contributed by atoms with E-state index in [4.69, 9.17) is 4.74 Å². The highest BCUT2D eigenvalue weighted by atomic mass is 16.5. The summed E-state index contributed by atoms with van der Waals surface area (Å²) in [7, 11) is 0. The summed E-state index contributed by atoms with van der Waals surface area (Å²) in [4.78, 5) is 26.3. The van der Waals surface area contributed by atoms with Gasteiger partial charge in [-0.05, 0) is 70.1 Å². The lowest BCUT2D eigenvalue weighted by Gasteiger charge is -2.38. The highest BCUT2D eigenvalue weighted by molar-refractivity contribution is 5.81. The number of nitrogens with zero attached hydrogens (tertiary/aromatic N) is 1. The molecule has 1 amide bonds. The Morgan fingerprint density at radius 2 is 1.77 bits per heavy atom. The normalized spacial score (nSPS) is 37.4. The Kier molecular flexibility index (Phi) is 4.74. The van der Waals surface area contributed by atoms with Gasteiger partial charge in [0, 0.05) is 18.5 Å². The van der Waals surface area contributed by atoms with Gasteiger partial charge >= 0.3 is 5.97 Å². The van der Waals surface area contributed by atoms with Crippen molar-refractivity contribution in [1.82, 2.24) is 4.90 Å². The third-order valence-corrected chi connectivity index (χ3v) is 6.15. The van der Waals surface area contributed by atoms with E-state index in [0.29, 0.717) is 12.3 Å². The van der Waals surface area contributed by atoms with E-state index in [1.807, 2.05) is 4.90 Å². The number of likely N-dealkylation sites (tertiary alicyclic amines) is 1. The minimum Gasteiger partial charge on any atom is -0.456 e. The summed E-state index contributed by atoms with van der Waals surface area (Å²) in [5.74, 6) is 1.88. The summed E-state index contributed by atoms with van der Waals surface area (Å²) in [5.41, 5.74) is 0. The van der Waals surface area contributed by atoms with Gasteiger partial charge < -0.3 is 9.64 Å². The average Bonchev–Trinajstić information content (AvgIpc) is 3.07. The molecule has 4 nitrogen and oxygen atoms in total. The summed E-state index contributed by atoms with van der Waals surface area (Å²) in [5, 5.41) is 0. The van der Waals surface area contributed by atoms with Crippen LogP contribution in [0.25, 0.3) is 0 Å². The standard InChI is InChI=1S/C18H29NO3/c1-12-4-3-5-13(2)19(12)17(20)11-22-18(21)10-16-9-14-6-7-15(16)8-14/h12-16H,3-11H2,1-2H3. The molecule has 0 N–H and O–H groups in total. The van der Waals surface area contributed by atoms with Gasteiger partial charge in [-0.3, -0.25) is 9.59 Å². The second-order valence-corrected chi connectivity index (χ2v) is 7.73. The zero-order valence-electron chi connectivity index (χ0n) is 13.9. The molecule has 1 heterocycles. The van der Waals surface area contributed by atoms with Crippen LogP contribution in [-0.4, -0.2) is 35.5 Å². The molecule has 5 unspecified atom stereocenters. The maximum atomic E-state index is 12.3. The topological polar surface area (TPSA) is 46.6 Å². The van der Waals surface area contributed by atoms with Crippen LogP contribution in [0.2, 0.25) is 0 Å². The number of hydrogen-bond donors (Lipinski definition) is 0. The molecule has 2 bridgehead atoms. The summed E-state index contributed by atoms with van der Waals surface area (Å²) in [6.45, 7) is 4.10. The third kappa shape index (κ3) is 3.31. The van der Waals surface area contributed by atoms with Gasteiger partial charge in [0.05, 0.1) is 0 Å². The number of piperidine rings is 1. The first kappa shape index (κ1) is 15.8. The molecular formula is C18H29NO3. The Bertz CT molecular complexity index is 426. The van der Waals surface area contributed by atoms with Crippen LogP contribution in [-0.2, 0) is 14.3 Å². The van der Waals surface area contributed by atoms with Crippen molar-refractivity contribution >= 4 is 11.9 Å². The van der Waals surface area contributed by atoms with Crippen LogP contribution in [0.3, 0.4) is 0 Å². The Morgan fingerprint density at radius 3 is 2.36 bits per heavy atom. The third-order valence-electron chi connectivity index (χ3n) is 6.15. The van der Waals surface area contributed by atoms with Crippen LogP contribution in [0.1, 0.15) is 65.2 Å². The Balaban J connectivity index is 1.43. The van der Waals surface area contributed by atoms with E-state index in [1.54, 1.807) is 0 Å². The molecule has 5 atom stereocenters. The van der Waals surface area contributed by atoms with Crippen LogP contribution in [0.5, 0.6) is 0 Å². The minimum atomic E-state index is -0.178. The van der Waals surface area contributed by atoms with Gasteiger partial charge in [-0.1, -0.05) is 6.42 Å². The van der Waals surface area contributed by atoms with Gasteiger partial charge in [0.1, 0.15) is 0 Å². The number of amides is 1. The summed E-state index contributed by atoms with van der Waals surface area (Å²) in [6, 6.07) is 0.529. The van der Waals surface area contributed by atoms with Crippen molar-refractivity contribution in [2.75, 3.05) is 6.61 Å². The van der Waals surface area contributed by atoms with E-state index in [9.17, 15) is 9.59 Å². The zero-order chi connectivity index (χ0) is 15.7. The maximum Gasteiger partial charge on any atom is 0.306 e. The molecular weight excluding hydrogens is 278 g/mol. The SMILES string of the molecule is CC1CCCC(C)N1C(=O)COC(=O)CC1CC2CCC1C2. The van der Waals surface area contributed by atoms with Gasteiger partial charge in [-0.25, -0.2) is 0 Å². The summed E-state index contributed by atoms with van der Waals surface area (Å²) >= 11 is 0. The minimum absolute atomic E-state index is 0.0269. The van der Waals surface area contributed by atoms with Crippen molar-refractivity contribution in [2.45, 2.75) is 77.3 Å². The molecule has 0 radical (unpaired) electrons. The molecule has 0 spiro atoms. The van der Waals surface area contributed by atoms with Gasteiger partial charge in [0.15, 0.2) is 6.61 Å². The fraction of sp³-hybridized carbons (Fsp3) is 0.889. The predicted octanol–water partition coefficient (Wildman–Crippen LogP) is 3.15. The maximum absolute atomic E-state index is 12.3. The summed E-state index contributed by atoms with van der Waals surface area (Å²) < 4.78 is 5.29. The lowest BCUT2D eigenvalue weighted by atomic mass is 9.86.